The molecule has 0 aliphatic heterocycles. The highest BCUT2D eigenvalue weighted by molar-refractivity contribution is 6.30. The van der Waals surface area contributed by atoms with Gasteiger partial charge in [-0.05, 0) is 42.0 Å². The zero-order chi connectivity index (χ0) is 21.3. The van der Waals surface area contributed by atoms with E-state index in [2.05, 4.69) is 21.7 Å². The SMILES string of the molecule is O=C(NNC(=O)C(NNC(=O)c1ccccc1)c1ccc(Cl)cc1)c1ccccc1. The maximum Gasteiger partial charge on any atom is 0.269 e. The molecule has 3 aromatic rings. The maximum atomic E-state index is 12.7. The Kier molecular flexibility index (Phi) is 7.15. The Morgan fingerprint density at radius 3 is 1.67 bits per heavy atom. The fourth-order valence-corrected chi connectivity index (χ4v) is 2.73. The molecule has 30 heavy (non-hydrogen) atoms. The number of hydrogen-bond donors (Lipinski definition) is 4. The highest BCUT2D eigenvalue weighted by atomic mass is 35.5. The van der Waals surface area contributed by atoms with E-state index in [0.29, 0.717) is 21.7 Å². The number of carbonyl (C=O) groups is 3. The van der Waals surface area contributed by atoms with E-state index >= 15 is 0 Å². The molecule has 0 bridgehead atoms. The Morgan fingerprint density at radius 2 is 1.13 bits per heavy atom. The van der Waals surface area contributed by atoms with Crippen molar-refractivity contribution < 1.29 is 14.4 Å². The van der Waals surface area contributed by atoms with Crippen LogP contribution >= 0.6 is 11.6 Å². The van der Waals surface area contributed by atoms with Crippen molar-refractivity contribution in [2.24, 2.45) is 0 Å². The molecule has 3 amide bonds. The zero-order valence-electron chi connectivity index (χ0n) is 15.8. The fraction of sp³-hybridized carbons (Fsp3) is 0.0455. The first-order valence-electron chi connectivity index (χ1n) is 9.06. The Morgan fingerprint density at radius 1 is 0.633 bits per heavy atom. The molecular formula is C22H19ClN4O3. The van der Waals surface area contributed by atoms with Crippen LogP contribution < -0.4 is 21.7 Å². The van der Waals surface area contributed by atoms with Gasteiger partial charge in [0.1, 0.15) is 6.04 Å². The van der Waals surface area contributed by atoms with Crippen molar-refractivity contribution in [2.45, 2.75) is 6.04 Å². The average molecular weight is 423 g/mol. The Labute approximate surface area is 178 Å². The van der Waals surface area contributed by atoms with Crippen LogP contribution in [-0.4, -0.2) is 17.7 Å². The van der Waals surface area contributed by atoms with Crippen LogP contribution in [0, 0.1) is 0 Å². The number of hydrogen-bond acceptors (Lipinski definition) is 4. The predicted molar refractivity (Wildman–Crippen MR) is 113 cm³/mol. The van der Waals surface area contributed by atoms with E-state index in [1.807, 2.05) is 0 Å². The summed E-state index contributed by atoms with van der Waals surface area (Å²) in [6.45, 7) is 0. The number of rotatable bonds is 6. The van der Waals surface area contributed by atoms with E-state index in [4.69, 9.17) is 11.6 Å². The number of nitrogens with one attached hydrogen (secondary N) is 4. The molecule has 0 aromatic heterocycles. The molecule has 3 aromatic carbocycles. The van der Waals surface area contributed by atoms with Gasteiger partial charge in [-0.3, -0.25) is 30.7 Å². The third kappa shape index (κ3) is 5.66. The van der Waals surface area contributed by atoms with Gasteiger partial charge in [0.25, 0.3) is 17.7 Å². The summed E-state index contributed by atoms with van der Waals surface area (Å²) in [5, 5.41) is 0.503. The highest BCUT2D eigenvalue weighted by Gasteiger charge is 2.22. The summed E-state index contributed by atoms with van der Waals surface area (Å²) in [6, 6.07) is 22.6. The Bertz CT molecular complexity index is 1010. The van der Waals surface area contributed by atoms with Crippen LogP contribution in [0.25, 0.3) is 0 Å². The molecular weight excluding hydrogens is 404 g/mol. The summed E-state index contributed by atoms with van der Waals surface area (Å²) in [5.74, 6) is -1.45. The molecule has 0 aliphatic carbocycles. The van der Waals surface area contributed by atoms with Crippen LogP contribution in [0.2, 0.25) is 5.02 Å². The number of halogens is 1. The largest absolute Gasteiger partial charge is 0.286 e. The lowest BCUT2D eigenvalue weighted by atomic mass is 10.1. The van der Waals surface area contributed by atoms with Crippen molar-refractivity contribution in [2.75, 3.05) is 0 Å². The third-order valence-corrected chi connectivity index (χ3v) is 4.42. The van der Waals surface area contributed by atoms with Crippen LogP contribution in [0.15, 0.2) is 84.9 Å². The Hall–Kier alpha value is -3.68. The van der Waals surface area contributed by atoms with E-state index < -0.39 is 23.8 Å². The number of benzene rings is 3. The summed E-state index contributed by atoms with van der Waals surface area (Å²) in [5.41, 5.74) is 11.3. The first kappa shape index (κ1) is 21.0. The van der Waals surface area contributed by atoms with E-state index in [-0.39, 0.29) is 0 Å². The molecule has 0 heterocycles. The van der Waals surface area contributed by atoms with Crippen molar-refractivity contribution >= 4 is 29.3 Å². The lowest BCUT2D eigenvalue weighted by molar-refractivity contribution is -0.124. The number of hydrazine groups is 2. The lowest BCUT2D eigenvalue weighted by Crippen LogP contribution is -2.50. The van der Waals surface area contributed by atoms with Crippen molar-refractivity contribution in [3.63, 3.8) is 0 Å². The maximum absolute atomic E-state index is 12.7. The van der Waals surface area contributed by atoms with E-state index in [1.165, 1.54) is 0 Å². The van der Waals surface area contributed by atoms with Gasteiger partial charge in [-0.1, -0.05) is 60.1 Å². The molecule has 0 fully saturated rings. The monoisotopic (exact) mass is 422 g/mol. The van der Waals surface area contributed by atoms with Crippen LogP contribution in [0.3, 0.4) is 0 Å². The molecule has 4 N–H and O–H groups in total. The summed E-state index contributed by atoms with van der Waals surface area (Å²) in [4.78, 5) is 37.2. The molecule has 0 saturated carbocycles. The quantitative estimate of drug-likeness (QED) is 0.459. The van der Waals surface area contributed by atoms with Gasteiger partial charge in [-0.15, -0.1) is 0 Å². The van der Waals surface area contributed by atoms with E-state index in [9.17, 15) is 14.4 Å². The van der Waals surface area contributed by atoms with Gasteiger partial charge in [-0.25, -0.2) is 5.43 Å². The molecule has 7 nitrogen and oxygen atoms in total. The van der Waals surface area contributed by atoms with E-state index in [1.54, 1.807) is 84.9 Å². The second-order valence-electron chi connectivity index (χ2n) is 6.26. The molecule has 0 saturated heterocycles. The van der Waals surface area contributed by atoms with Crippen LogP contribution in [0.5, 0.6) is 0 Å². The van der Waals surface area contributed by atoms with Gasteiger partial charge < -0.3 is 0 Å². The van der Waals surface area contributed by atoms with Gasteiger partial charge in [0.2, 0.25) is 0 Å². The zero-order valence-corrected chi connectivity index (χ0v) is 16.5. The van der Waals surface area contributed by atoms with Gasteiger partial charge in [0.15, 0.2) is 0 Å². The minimum absolute atomic E-state index is 0.395. The standard InChI is InChI=1S/C22H19ClN4O3/c23-18-13-11-15(12-14-18)19(24-25-20(28)16-7-3-1-4-8-16)22(30)27-26-21(29)17-9-5-2-6-10-17/h1-14,19,24H,(H,25,28)(H,26,29)(H,27,30). The smallest absolute Gasteiger partial charge is 0.269 e. The average Bonchev–Trinajstić information content (AvgIpc) is 2.79. The Balaban J connectivity index is 1.69. The van der Waals surface area contributed by atoms with Gasteiger partial charge in [0.05, 0.1) is 0 Å². The van der Waals surface area contributed by atoms with Crippen LogP contribution in [0.1, 0.15) is 32.3 Å². The van der Waals surface area contributed by atoms with Gasteiger partial charge in [-0.2, -0.15) is 0 Å². The van der Waals surface area contributed by atoms with Gasteiger partial charge >= 0.3 is 0 Å². The highest BCUT2D eigenvalue weighted by Crippen LogP contribution is 2.16. The molecule has 0 radical (unpaired) electrons. The minimum Gasteiger partial charge on any atom is -0.286 e. The molecule has 0 spiro atoms. The molecule has 3 rings (SSSR count). The van der Waals surface area contributed by atoms with Crippen molar-refractivity contribution in [3.05, 3.63) is 107 Å². The molecule has 1 atom stereocenters. The van der Waals surface area contributed by atoms with Gasteiger partial charge in [0, 0.05) is 16.1 Å². The minimum atomic E-state index is -0.981. The summed E-state index contributed by atoms with van der Waals surface area (Å²) < 4.78 is 0. The summed E-state index contributed by atoms with van der Waals surface area (Å²) in [6.07, 6.45) is 0. The topological polar surface area (TPSA) is 99.3 Å². The van der Waals surface area contributed by atoms with Crippen LogP contribution in [-0.2, 0) is 4.79 Å². The lowest BCUT2D eigenvalue weighted by Gasteiger charge is -2.20. The van der Waals surface area contributed by atoms with Crippen molar-refractivity contribution in [1.29, 1.82) is 0 Å². The predicted octanol–water partition coefficient (Wildman–Crippen LogP) is 2.78. The second-order valence-corrected chi connectivity index (χ2v) is 6.69. The molecule has 152 valence electrons. The summed E-state index contributed by atoms with van der Waals surface area (Å²) >= 11 is 5.93. The summed E-state index contributed by atoms with van der Waals surface area (Å²) in [7, 11) is 0. The molecule has 0 aliphatic rings. The van der Waals surface area contributed by atoms with Crippen LogP contribution in [0.4, 0.5) is 0 Å². The van der Waals surface area contributed by atoms with Crippen molar-refractivity contribution in [3.8, 4) is 0 Å². The van der Waals surface area contributed by atoms with Crippen molar-refractivity contribution in [1.82, 2.24) is 21.7 Å². The first-order chi connectivity index (χ1) is 14.5. The molecule has 1 unspecified atom stereocenters. The molecule has 8 heteroatoms. The number of carbonyl (C=O) groups excluding carboxylic acids is 3. The number of amides is 3. The first-order valence-corrected chi connectivity index (χ1v) is 9.44. The van der Waals surface area contributed by atoms with E-state index in [0.717, 1.165) is 0 Å². The fourth-order valence-electron chi connectivity index (χ4n) is 2.61. The second kappa shape index (κ2) is 10.2. The normalized spacial score (nSPS) is 11.2. The third-order valence-electron chi connectivity index (χ3n) is 4.17.